The van der Waals surface area contributed by atoms with E-state index in [-0.39, 0.29) is 0 Å². The molecular weight excluding hydrogens is 242 g/mol. The van der Waals surface area contributed by atoms with E-state index in [1.807, 2.05) is 24.1 Å². The summed E-state index contributed by atoms with van der Waals surface area (Å²) in [5.41, 5.74) is 1.15. The number of nitriles is 1. The van der Waals surface area contributed by atoms with Crippen molar-refractivity contribution in [2.75, 3.05) is 18.5 Å². The Kier molecular flexibility index (Phi) is 4.41. The first kappa shape index (κ1) is 11.0. The van der Waals surface area contributed by atoms with Crippen LogP contribution < -0.4 is 4.90 Å². The van der Waals surface area contributed by atoms with Crippen molar-refractivity contribution in [3.63, 3.8) is 0 Å². The zero-order chi connectivity index (χ0) is 10.4. The molecular formula is C10H12BrN3. The van der Waals surface area contributed by atoms with Gasteiger partial charge in [-0.05, 0) is 6.07 Å². The van der Waals surface area contributed by atoms with E-state index in [4.69, 9.17) is 5.26 Å². The lowest BCUT2D eigenvalue weighted by atomic mass is 10.2. The molecule has 74 valence electrons. The van der Waals surface area contributed by atoms with E-state index in [1.54, 1.807) is 6.20 Å². The van der Waals surface area contributed by atoms with Crippen LogP contribution in [0.3, 0.4) is 0 Å². The molecule has 0 saturated carbocycles. The minimum Gasteiger partial charge on any atom is -0.358 e. The summed E-state index contributed by atoms with van der Waals surface area (Å²) in [7, 11) is 1.95. The summed E-state index contributed by atoms with van der Waals surface area (Å²) in [6.07, 6.45) is 2.29. The topological polar surface area (TPSA) is 39.9 Å². The van der Waals surface area contributed by atoms with E-state index in [0.717, 1.165) is 16.7 Å². The quantitative estimate of drug-likeness (QED) is 0.774. The highest BCUT2D eigenvalue weighted by atomic mass is 79.9. The highest BCUT2D eigenvalue weighted by molar-refractivity contribution is 9.08. The molecule has 3 nitrogen and oxygen atoms in total. The van der Waals surface area contributed by atoms with Crippen LogP contribution in [-0.4, -0.2) is 18.6 Å². The smallest absolute Gasteiger partial charge is 0.132 e. The highest BCUT2D eigenvalue weighted by Gasteiger charge is 2.06. The number of rotatable bonds is 4. The second-order valence-corrected chi connectivity index (χ2v) is 3.51. The number of aromatic nitrogens is 1. The van der Waals surface area contributed by atoms with Crippen LogP contribution in [0.25, 0.3) is 0 Å². The van der Waals surface area contributed by atoms with Gasteiger partial charge in [-0.1, -0.05) is 22.0 Å². The van der Waals surface area contributed by atoms with Gasteiger partial charge in [0.05, 0.1) is 12.5 Å². The summed E-state index contributed by atoms with van der Waals surface area (Å²) in [5.74, 6) is 0.944. The first-order chi connectivity index (χ1) is 6.79. The zero-order valence-corrected chi connectivity index (χ0v) is 9.66. The van der Waals surface area contributed by atoms with Crippen LogP contribution in [0.1, 0.15) is 12.0 Å². The van der Waals surface area contributed by atoms with Crippen LogP contribution in [0.15, 0.2) is 18.3 Å². The zero-order valence-electron chi connectivity index (χ0n) is 8.07. The third-order valence-corrected chi connectivity index (χ3v) is 2.54. The van der Waals surface area contributed by atoms with Gasteiger partial charge < -0.3 is 4.90 Å². The summed E-state index contributed by atoms with van der Waals surface area (Å²) in [4.78, 5) is 6.29. The Labute approximate surface area is 92.5 Å². The van der Waals surface area contributed by atoms with E-state index in [1.165, 1.54) is 0 Å². The fourth-order valence-electron chi connectivity index (χ4n) is 1.20. The third-order valence-electron chi connectivity index (χ3n) is 1.93. The minimum absolute atomic E-state index is 0.523. The fraction of sp³-hybridized carbons (Fsp3) is 0.400. The Morgan fingerprint density at radius 1 is 1.64 bits per heavy atom. The van der Waals surface area contributed by atoms with Crippen molar-refractivity contribution in [3.8, 4) is 6.07 Å². The van der Waals surface area contributed by atoms with Crippen molar-refractivity contribution in [2.24, 2.45) is 0 Å². The van der Waals surface area contributed by atoms with Gasteiger partial charge in [-0.2, -0.15) is 5.26 Å². The van der Waals surface area contributed by atoms with Gasteiger partial charge in [0, 0.05) is 30.7 Å². The average molecular weight is 254 g/mol. The van der Waals surface area contributed by atoms with Gasteiger partial charge in [0.25, 0.3) is 0 Å². The van der Waals surface area contributed by atoms with Gasteiger partial charge in [0.15, 0.2) is 0 Å². The van der Waals surface area contributed by atoms with Gasteiger partial charge in [-0.3, -0.25) is 0 Å². The third kappa shape index (κ3) is 2.71. The van der Waals surface area contributed by atoms with Crippen molar-refractivity contribution >= 4 is 21.7 Å². The van der Waals surface area contributed by atoms with Crippen LogP contribution in [0.4, 0.5) is 5.82 Å². The number of hydrogen-bond acceptors (Lipinski definition) is 3. The predicted molar refractivity (Wildman–Crippen MR) is 60.4 cm³/mol. The number of halogens is 1. The first-order valence-electron chi connectivity index (χ1n) is 4.37. The molecule has 14 heavy (non-hydrogen) atoms. The molecule has 0 aromatic carbocycles. The molecule has 1 rings (SSSR count). The number of pyridine rings is 1. The van der Waals surface area contributed by atoms with Gasteiger partial charge in [0.2, 0.25) is 0 Å². The minimum atomic E-state index is 0.523. The normalized spacial score (nSPS) is 9.50. The molecule has 0 radical (unpaired) electrons. The van der Waals surface area contributed by atoms with Crippen molar-refractivity contribution in [1.29, 1.82) is 5.26 Å². The number of hydrogen-bond donors (Lipinski definition) is 0. The molecule has 0 fully saturated rings. The lowest BCUT2D eigenvalue weighted by Gasteiger charge is -2.18. The molecule has 0 saturated heterocycles. The Balaban J connectivity index is 2.78. The van der Waals surface area contributed by atoms with Gasteiger partial charge in [-0.15, -0.1) is 0 Å². The Morgan fingerprint density at radius 2 is 2.43 bits per heavy atom. The summed E-state index contributed by atoms with van der Waals surface area (Å²) >= 11 is 3.41. The fourth-order valence-corrected chi connectivity index (χ4v) is 1.64. The molecule has 0 unspecified atom stereocenters. The molecule has 0 aliphatic carbocycles. The van der Waals surface area contributed by atoms with Crippen LogP contribution in [0, 0.1) is 11.3 Å². The predicted octanol–water partition coefficient (Wildman–Crippen LogP) is 2.33. The lowest BCUT2D eigenvalue weighted by Crippen LogP contribution is -2.20. The SMILES string of the molecule is CN(CCC#N)c1ncccc1CBr. The molecule has 0 aliphatic heterocycles. The first-order valence-corrected chi connectivity index (χ1v) is 5.49. The molecule has 0 aliphatic rings. The van der Waals surface area contributed by atoms with Crippen LogP contribution >= 0.6 is 15.9 Å². The Hall–Kier alpha value is -1.08. The van der Waals surface area contributed by atoms with Gasteiger partial charge >= 0.3 is 0 Å². The molecule has 1 aromatic rings. The second kappa shape index (κ2) is 5.61. The maximum atomic E-state index is 8.48. The number of nitrogens with zero attached hydrogens (tertiary/aromatic N) is 3. The van der Waals surface area contributed by atoms with E-state index in [9.17, 15) is 0 Å². The maximum Gasteiger partial charge on any atom is 0.132 e. The number of alkyl halides is 1. The van der Waals surface area contributed by atoms with Crippen LogP contribution in [-0.2, 0) is 5.33 Å². The lowest BCUT2D eigenvalue weighted by molar-refractivity contribution is 0.878. The molecule has 0 bridgehead atoms. The molecule has 4 heteroatoms. The summed E-state index contributed by atoms with van der Waals surface area (Å²) in [6, 6.07) is 6.07. The molecule has 0 spiro atoms. The van der Waals surface area contributed by atoms with E-state index in [2.05, 4.69) is 27.0 Å². The van der Waals surface area contributed by atoms with Crippen molar-refractivity contribution < 1.29 is 0 Å². The average Bonchev–Trinajstić information content (AvgIpc) is 2.25. The standard InChI is InChI=1S/C10H12BrN3/c1-14(7-3-5-12)10-9(8-11)4-2-6-13-10/h2,4,6H,3,7-8H2,1H3. The summed E-state index contributed by atoms with van der Waals surface area (Å²) < 4.78 is 0. The van der Waals surface area contributed by atoms with Gasteiger partial charge in [0.1, 0.15) is 5.82 Å². The van der Waals surface area contributed by atoms with Crippen LogP contribution in [0.5, 0.6) is 0 Å². The highest BCUT2D eigenvalue weighted by Crippen LogP contribution is 2.18. The van der Waals surface area contributed by atoms with E-state index < -0.39 is 0 Å². The van der Waals surface area contributed by atoms with Gasteiger partial charge in [-0.25, -0.2) is 4.98 Å². The van der Waals surface area contributed by atoms with Crippen molar-refractivity contribution in [3.05, 3.63) is 23.9 Å². The van der Waals surface area contributed by atoms with Crippen molar-refractivity contribution in [2.45, 2.75) is 11.8 Å². The monoisotopic (exact) mass is 253 g/mol. The molecule has 0 atom stereocenters. The number of anilines is 1. The Morgan fingerprint density at radius 3 is 3.07 bits per heavy atom. The van der Waals surface area contributed by atoms with E-state index in [0.29, 0.717) is 13.0 Å². The summed E-state index contributed by atoms with van der Waals surface area (Å²) in [6.45, 7) is 0.716. The Bertz CT molecular complexity index is 332. The summed E-state index contributed by atoms with van der Waals surface area (Å²) in [5, 5.41) is 9.27. The molecule has 0 amide bonds. The molecule has 1 heterocycles. The maximum absolute atomic E-state index is 8.48. The largest absolute Gasteiger partial charge is 0.358 e. The molecule has 1 aromatic heterocycles. The second-order valence-electron chi connectivity index (χ2n) is 2.95. The van der Waals surface area contributed by atoms with Crippen molar-refractivity contribution in [1.82, 2.24) is 4.98 Å². The van der Waals surface area contributed by atoms with Crippen LogP contribution in [0.2, 0.25) is 0 Å². The molecule has 0 N–H and O–H groups in total. The van der Waals surface area contributed by atoms with E-state index >= 15 is 0 Å².